The SMILES string of the molecule is Cc1ccc(CNC(=S)Nc2nc(Sc3ncccn3)cc(N3CCCC(C)C3)n2)cc1. The molecule has 3 aromatic rings. The summed E-state index contributed by atoms with van der Waals surface area (Å²) in [6.07, 6.45) is 5.87. The van der Waals surface area contributed by atoms with Crippen LogP contribution in [-0.2, 0) is 6.54 Å². The molecule has 1 atom stereocenters. The highest BCUT2D eigenvalue weighted by Gasteiger charge is 2.20. The van der Waals surface area contributed by atoms with Crippen LogP contribution in [-0.4, -0.2) is 38.1 Å². The predicted molar refractivity (Wildman–Crippen MR) is 133 cm³/mol. The van der Waals surface area contributed by atoms with Crippen LogP contribution < -0.4 is 15.5 Å². The van der Waals surface area contributed by atoms with Crippen LogP contribution >= 0.6 is 24.0 Å². The maximum Gasteiger partial charge on any atom is 0.232 e. The lowest BCUT2D eigenvalue weighted by Crippen LogP contribution is -2.35. The molecule has 0 aliphatic carbocycles. The Bertz CT molecular complexity index is 1040. The van der Waals surface area contributed by atoms with E-state index in [1.807, 2.05) is 6.07 Å². The number of aromatic nitrogens is 4. The molecule has 0 saturated carbocycles. The van der Waals surface area contributed by atoms with E-state index in [1.54, 1.807) is 18.5 Å². The zero-order valence-corrected chi connectivity index (χ0v) is 19.9. The highest BCUT2D eigenvalue weighted by atomic mass is 32.2. The van der Waals surface area contributed by atoms with E-state index in [4.69, 9.17) is 17.2 Å². The van der Waals surface area contributed by atoms with Crippen LogP contribution in [0.15, 0.2) is 59.0 Å². The summed E-state index contributed by atoms with van der Waals surface area (Å²) in [4.78, 5) is 20.4. The highest BCUT2D eigenvalue weighted by molar-refractivity contribution is 7.99. The summed E-state index contributed by atoms with van der Waals surface area (Å²) in [7, 11) is 0. The molecule has 166 valence electrons. The molecule has 0 radical (unpaired) electrons. The summed E-state index contributed by atoms with van der Waals surface area (Å²) in [5.74, 6) is 2.01. The Labute approximate surface area is 198 Å². The summed E-state index contributed by atoms with van der Waals surface area (Å²) in [5.41, 5.74) is 2.40. The lowest BCUT2D eigenvalue weighted by atomic mass is 10.0. The minimum absolute atomic E-state index is 0.473. The van der Waals surface area contributed by atoms with E-state index in [9.17, 15) is 0 Å². The zero-order valence-electron chi connectivity index (χ0n) is 18.3. The van der Waals surface area contributed by atoms with Crippen molar-refractivity contribution in [2.24, 2.45) is 5.92 Å². The van der Waals surface area contributed by atoms with Crippen molar-refractivity contribution in [2.75, 3.05) is 23.3 Å². The maximum atomic E-state index is 5.51. The predicted octanol–water partition coefficient (Wildman–Crippen LogP) is 4.45. The molecule has 1 fully saturated rings. The average Bonchev–Trinajstić information content (AvgIpc) is 2.79. The summed E-state index contributed by atoms with van der Waals surface area (Å²) >= 11 is 6.92. The molecule has 0 amide bonds. The van der Waals surface area contributed by atoms with Crippen molar-refractivity contribution in [3.8, 4) is 0 Å². The Morgan fingerprint density at radius 1 is 1.19 bits per heavy atom. The molecule has 1 aliphatic rings. The fraction of sp³-hybridized carbons (Fsp3) is 0.348. The smallest absolute Gasteiger partial charge is 0.232 e. The number of hydrogen-bond donors (Lipinski definition) is 2. The average molecular weight is 466 g/mol. The van der Waals surface area contributed by atoms with Gasteiger partial charge in [0.2, 0.25) is 5.95 Å². The normalized spacial score (nSPS) is 15.9. The Morgan fingerprint density at radius 3 is 2.72 bits per heavy atom. The Kier molecular flexibility index (Phi) is 7.49. The third-order valence-corrected chi connectivity index (χ3v) is 6.27. The number of benzene rings is 1. The standard InChI is InChI=1S/C23H27N7S2/c1-16-6-8-18(9-7-16)14-26-22(31)29-21-27-19(30-12-3-5-17(2)15-30)13-20(28-21)32-23-24-10-4-11-25-23/h4,6-11,13,17H,3,5,12,14-15H2,1-2H3,(H2,26,27,28,29,31). The molecule has 1 saturated heterocycles. The molecule has 32 heavy (non-hydrogen) atoms. The Hall–Kier alpha value is -2.78. The molecule has 2 aromatic heterocycles. The van der Waals surface area contributed by atoms with Gasteiger partial charge in [0.1, 0.15) is 10.8 Å². The van der Waals surface area contributed by atoms with E-state index in [1.165, 1.54) is 23.7 Å². The van der Waals surface area contributed by atoms with E-state index < -0.39 is 0 Å². The first-order valence-electron chi connectivity index (χ1n) is 10.7. The first kappa shape index (κ1) is 22.4. The number of rotatable bonds is 6. The minimum atomic E-state index is 0.473. The van der Waals surface area contributed by atoms with Crippen molar-refractivity contribution >= 4 is 40.9 Å². The van der Waals surface area contributed by atoms with Gasteiger partial charge in [0.15, 0.2) is 10.3 Å². The van der Waals surface area contributed by atoms with Gasteiger partial charge >= 0.3 is 0 Å². The summed E-state index contributed by atoms with van der Waals surface area (Å²) in [5, 5.41) is 8.31. The molecule has 1 aromatic carbocycles. The number of aryl methyl sites for hydroxylation is 1. The lowest BCUT2D eigenvalue weighted by molar-refractivity contribution is 0.444. The maximum absolute atomic E-state index is 5.51. The first-order valence-corrected chi connectivity index (χ1v) is 12.0. The third kappa shape index (κ3) is 6.37. The van der Waals surface area contributed by atoms with Gasteiger partial charge in [-0.3, -0.25) is 0 Å². The van der Waals surface area contributed by atoms with Crippen LogP contribution in [0, 0.1) is 12.8 Å². The van der Waals surface area contributed by atoms with Gasteiger partial charge in [0, 0.05) is 38.1 Å². The summed E-state index contributed by atoms with van der Waals surface area (Å²) < 4.78 is 0. The van der Waals surface area contributed by atoms with Crippen molar-refractivity contribution in [3.63, 3.8) is 0 Å². The highest BCUT2D eigenvalue weighted by Crippen LogP contribution is 2.29. The molecule has 0 spiro atoms. The molecule has 2 N–H and O–H groups in total. The molecule has 7 nitrogen and oxygen atoms in total. The second-order valence-electron chi connectivity index (χ2n) is 8.01. The number of anilines is 2. The monoisotopic (exact) mass is 465 g/mol. The van der Waals surface area contributed by atoms with E-state index in [-0.39, 0.29) is 0 Å². The van der Waals surface area contributed by atoms with Gasteiger partial charge in [0.25, 0.3) is 0 Å². The number of hydrogen-bond acceptors (Lipinski definition) is 7. The number of nitrogens with one attached hydrogen (secondary N) is 2. The van der Waals surface area contributed by atoms with Crippen LogP contribution in [0.25, 0.3) is 0 Å². The minimum Gasteiger partial charge on any atom is -0.358 e. The van der Waals surface area contributed by atoms with E-state index in [0.717, 1.165) is 35.9 Å². The van der Waals surface area contributed by atoms with Crippen LogP contribution in [0.5, 0.6) is 0 Å². The van der Waals surface area contributed by atoms with E-state index in [2.05, 4.69) is 68.6 Å². The second kappa shape index (κ2) is 10.7. The van der Waals surface area contributed by atoms with Gasteiger partial charge in [-0.1, -0.05) is 36.8 Å². The molecule has 9 heteroatoms. The van der Waals surface area contributed by atoms with E-state index >= 15 is 0 Å². The van der Waals surface area contributed by atoms with Crippen molar-refractivity contribution in [3.05, 3.63) is 59.9 Å². The third-order valence-electron chi connectivity index (χ3n) is 5.21. The Morgan fingerprint density at radius 2 is 1.97 bits per heavy atom. The van der Waals surface area contributed by atoms with Gasteiger partial charge in [-0.15, -0.1) is 0 Å². The van der Waals surface area contributed by atoms with Gasteiger partial charge in [-0.05, 0) is 61.3 Å². The van der Waals surface area contributed by atoms with E-state index in [0.29, 0.717) is 28.7 Å². The van der Waals surface area contributed by atoms with Crippen LogP contribution in [0.1, 0.15) is 30.9 Å². The lowest BCUT2D eigenvalue weighted by Gasteiger charge is -2.32. The molecular formula is C23H27N7S2. The van der Waals surface area contributed by atoms with Crippen molar-refractivity contribution < 1.29 is 0 Å². The van der Waals surface area contributed by atoms with Crippen molar-refractivity contribution in [1.82, 2.24) is 25.3 Å². The summed E-state index contributed by atoms with van der Waals surface area (Å²) in [6.45, 7) is 6.97. The molecular weight excluding hydrogens is 438 g/mol. The number of nitrogens with zero attached hydrogens (tertiary/aromatic N) is 5. The summed E-state index contributed by atoms with van der Waals surface area (Å²) in [6, 6.07) is 12.2. The number of thiocarbonyl (C=S) groups is 1. The van der Waals surface area contributed by atoms with Gasteiger partial charge in [0.05, 0.1) is 0 Å². The molecule has 1 aliphatic heterocycles. The van der Waals surface area contributed by atoms with Crippen molar-refractivity contribution in [1.29, 1.82) is 0 Å². The fourth-order valence-corrected chi connectivity index (χ4v) is 4.42. The van der Waals surface area contributed by atoms with Gasteiger partial charge in [-0.2, -0.15) is 4.98 Å². The molecule has 3 heterocycles. The largest absolute Gasteiger partial charge is 0.358 e. The molecule has 0 bridgehead atoms. The Balaban J connectivity index is 1.50. The molecule has 4 rings (SSSR count). The fourth-order valence-electron chi connectivity index (χ4n) is 3.55. The second-order valence-corrected chi connectivity index (χ2v) is 9.40. The van der Waals surface area contributed by atoms with Crippen LogP contribution in [0.2, 0.25) is 0 Å². The zero-order chi connectivity index (χ0) is 22.3. The van der Waals surface area contributed by atoms with Gasteiger partial charge in [-0.25, -0.2) is 15.0 Å². The quantitative estimate of drug-likeness (QED) is 0.312. The van der Waals surface area contributed by atoms with Crippen LogP contribution in [0.4, 0.5) is 11.8 Å². The number of piperidine rings is 1. The first-order chi connectivity index (χ1) is 15.5. The topological polar surface area (TPSA) is 78.9 Å². The van der Waals surface area contributed by atoms with Crippen LogP contribution in [0.3, 0.4) is 0 Å². The van der Waals surface area contributed by atoms with Gasteiger partial charge < -0.3 is 15.5 Å². The van der Waals surface area contributed by atoms with Crippen molar-refractivity contribution in [2.45, 2.75) is 43.4 Å². The molecule has 1 unspecified atom stereocenters.